The van der Waals surface area contributed by atoms with Crippen molar-refractivity contribution >= 4 is 140 Å². The van der Waals surface area contributed by atoms with E-state index in [2.05, 4.69) is 91.7 Å². The molecule has 0 bridgehead atoms. The van der Waals surface area contributed by atoms with Gasteiger partial charge in [0.25, 0.3) is 11.1 Å². The van der Waals surface area contributed by atoms with Gasteiger partial charge in [-0.05, 0) is 19.1 Å². The first-order valence-electron chi connectivity index (χ1n) is 38.6. The predicted octanol–water partition coefficient (Wildman–Crippen LogP) is -13.8. The Balaban J connectivity index is 0.856. The van der Waals surface area contributed by atoms with E-state index in [0.717, 1.165) is 68.1 Å². The minimum atomic E-state index is -0.996. The molecule has 0 aliphatic heterocycles. The molecule has 0 fully saturated rings. The van der Waals surface area contributed by atoms with E-state index in [4.69, 9.17) is 49.6 Å². The molecule has 9 heterocycles. The fourth-order valence-electron chi connectivity index (χ4n) is 12.0. The molecule has 0 unspecified atom stereocenters. The Morgan fingerprint density at radius 1 is 0.394 bits per heavy atom. The van der Waals surface area contributed by atoms with Crippen LogP contribution in [0.15, 0.2) is 86.3 Å². The Morgan fingerprint density at radius 3 is 1.12 bits per heavy atom. The molecule has 0 aromatic carbocycles. The van der Waals surface area contributed by atoms with Crippen LogP contribution in [0.5, 0.6) is 0 Å². The number of aromatic amines is 2. The molecule has 57 nitrogen and oxygen atoms in total. The van der Waals surface area contributed by atoms with Crippen molar-refractivity contribution in [1.29, 1.82) is 0 Å². The second-order valence-electron chi connectivity index (χ2n) is 27.7. The maximum absolute atomic E-state index is 14.4. The second kappa shape index (κ2) is 45.7. The number of fused-ring (bicyclic) bond motifs is 3. The normalized spacial score (nSPS) is 11.1. The Morgan fingerprint density at radius 2 is 0.740 bits per heavy atom. The number of nitrogen functional groups attached to an aromatic ring is 5. The van der Waals surface area contributed by atoms with Crippen molar-refractivity contribution in [1.82, 2.24) is 149 Å². The van der Waals surface area contributed by atoms with Crippen molar-refractivity contribution in [2.75, 3.05) is 179 Å². The first kappa shape index (κ1) is 94.7. The van der Waals surface area contributed by atoms with Gasteiger partial charge in [-0.1, -0.05) is 0 Å². The number of hydrogen-bond donors (Lipinski definition) is 15. The maximum atomic E-state index is 14.4. The minimum Gasteiger partial charge on any atom is -0.383 e. The number of nitrogens with one attached hydrogen (secondary N) is 8. The summed E-state index contributed by atoms with van der Waals surface area (Å²) in [5.74, 6) is -11.2. The lowest BCUT2D eigenvalue weighted by molar-refractivity contribution is -0.138. The van der Waals surface area contributed by atoms with Crippen LogP contribution in [0.3, 0.4) is 0 Å². The van der Waals surface area contributed by atoms with Gasteiger partial charge in [0.15, 0.2) is 34.1 Å². The summed E-state index contributed by atoms with van der Waals surface area (Å²) < 4.78 is 17.0. The van der Waals surface area contributed by atoms with Crippen LogP contribution in [0, 0.1) is 6.92 Å². The third kappa shape index (κ3) is 28.2. The van der Waals surface area contributed by atoms with Crippen LogP contribution >= 0.6 is 0 Å². The summed E-state index contributed by atoms with van der Waals surface area (Å²) in [5.41, 5.74) is 36.1. The van der Waals surface area contributed by atoms with E-state index >= 15 is 0 Å². The summed E-state index contributed by atoms with van der Waals surface area (Å²) in [6.07, 6.45) is 9.40. The molecule has 0 atom stereocenters. The molecular formula is C70H93N37O20. The largest absolute Gasteiger partial charge is 0.383 e. The molecule has 57 heteroatoms. The minimum absolute atomic E-state index is 0.0291. The second-order valence-corrected chi connectivity index (χ2v) is 27.7. The van der Waals surface area contributed by atoms with Gasteiger partial charge < -0.3 is 125 Å². The Labute approximate surface area is 714 Å². The van der Waals surface area contributed by atoms with Gasteiger partial charge in [0, 0.05) is 109 Å². The monoisotopic (exact) mass is 1770 g/mol. The van der Waals surface area contributed by atoms with E-state index < -0.39 is 229 Å². The summed E-state index contributed by atoms with van der Waals surface area (Å²) in [7, 11) is 0. The molecule has 9 rings (SSSR count). The fraction of sp³-hybridized carbons (Fsp3) is 0.429. The fourth-order valence-corrected chi connectivity index (χ4v) is 12.0. The summed E-state index contributed by atoms with van der Waals surface area (Å²) >= 11 is 0. The van der Waals surface area contributed by atoms with Crippen LogP contribution in [-0.4, -0.2) is 344 Å². The highest BCUT2D eigenvalue weighted by molar-refractivity contribution is 5.91. The Kier molecular flexibility index (Phi) is 34.1. The zero-order valence-electron chi connectivity index (χ0n) is 68.3. The van der Waals surface area contributed by atoms with Gasteiger partial charge in [0.05, 0.1) is 78.1 Å². The molecule has 13 amide bonds. The molecule has 0 spiro atoms. The summed E-state index contributed by atoms with van der Waals surface area (Å²) in [6, 6.07) is 2.48. The summed E-state index contributed by atoms with van der Waals surface area (Å²) in [6.45, 7) is -10.8. The van der Waals surface area contributed by atoms with Gasteiger partial charge in [-0.2, -0.15) is 15.0 Å². The van der Waals surface area contributed by atoms with Gasteiger partial charge >= 0.3 is 17.1 Å². The number of ether oxygens (including phenoxy) is 2. The van der Waals surface area contributed by atoms with Crippen molar-refractivity contribution in [2.24, 2.45) is 11.5 Å². The number of hydrogen-bond acceptors (Lipinski definition) is 36. The first-order valence-corrected chi connectivity index (χ1v) is 38.6. The number of aryl methyl sites for hydroxylation is 1. The van der Waals surface area contributed by atoms with Gasteiger partial charge in [-0.25, -0.2) is 49.3 Å². The number of rotatable bonds is 49. The van der Waals surface area contributed by atoms with E-state index in [9.17, 15) is 86.3 Å². The van der Waals surface area contributed by atoms with E-state index in [-0.39, 0.29) is 134 Å². The summed E-state index contributed by atoms with van der Waals surface area (Å²) in [5, 5.41) is 15.4. The van der Waals surface area contributed by atoms with Crippen molar-refractivity contribution in [3.8, 4) is 0 Å². The Bertz CT molecular complexity index is 5850. The number of carbonyl (C=O) groups excluding carboxylic acids is 13. The quantitative estimate of drug-likeness (QED) is 0.0157. The first-order chi connectivity index (χ1) is 60.7. The van der Waals surface area contributed by atoms with Crippen LogP contribution in [0.4, 0.5) is 29.2 Å². The zero-order valence-corrected chi connectivity index (χ0v) is 68.3. The van der Waals surface area contributed by atoms with E-state index in [1.54, 1.807) is 0 Å². The highest BCUT2D eigenvalue weighted by atomic mass is 16.5. The maximum Gasteiger partial charge on any atom is 0.349 e. The number of amides is 13. The molecule has 9 aromatic heterocycles. The van der Waals surface area contributed by atoms with Gasteiger partial charge in [0.1, 0.15) is 81.2 Å². The molecule has 9 aromatic rings. The molecule has 0 aliphatic carbocycles. The lowest BCUT2D eigenvalue weighted by atomic mass is 10.3. The number of H-pyrrole nitrogens is 2. The smallest absolute Gasteiger partial charge is 0.349 e. The number of aromatic nitrogens is 18. The SMILES string of the molecule is Cc1cn(CC(=O)N(CCNC(=O)CN(CCNC(=O)COCCOCCN)C(=O)Cn2ccc(N)nc2=O)CC(=O)NCCN(CC(=O)NCCN(CC(=O)NCCN(CC(=O)NCCN(CC(N)=O)C(=O)Cn2cnc3c(N)ncnc32)C(=O)Cn2cnc3c(=O)[nH]c(N)nc32)C(=O)Cn2cnc3c(N)ncnc32)C(=O)Cn2ccc(N)nc2=O)c(=O)[nH]c1=O. The van der Waals surface area contributed by atoms with Crippen molar-refractivity contribution in [3.05, 3.63) is 120 Å². The molecule has 22 N–H and O–H groups in total. The standard InChI is InChI=1S/C70H93N37O20/c1-41-22-104(70(125)95-65(41)121)31-53(117)99(15-7-80-46(110)25-98(52(116)30-103-12-3-43(73)92-69(103)124)18-10-83-50(114)35-127-21-20-126-19-4-71)26-47(111)79-6-14-97(51(115)29-102-11-2-42(72)91-68(102)123)24-45(109)81-8-16-100(55(119)33-106-39-89-58-61(76)85-37-87-63(58)106)27-49(113)82-9-17-101(56(120)34-107-40-90-59-64(107)93-67(77)94-66(59)122)28-48(112)78-5-13-96(23-44(74)108)54(118)32-105-38-88-57-60(75)84-36-86-62(57)105/h2-3,11-12,22,36-40H,4-10,13-21,23-35,71H2,1H3,(H2,74,108)(H,78,112)(H,79,111)(H,80,110)(H,81,109)(H,82,113)(H,83,114)(H2,72,91,123)(H2,73,92,124)(H2,75,84,86)(H2,76,85,87)(H,95,121,125)(H3,77,93,94,122). The average Bonchev–Trinajstić information content (AvgIpc) is 1.67. The van der Waals surface area contributed by atoms with Gasteiger partial charge in [-0.15, -0.1) is 0 Å². The highest BCUT2D eigenvalue weighted by Gasteiger charge is 2.28. The number of nitrogens with zero attached hydrogens (tertiary/aromatic N) is 22. The number of imidazole rings is 3. The number of primary amides is 1. The van der Waals surface area contributed by atoms with Crippen molar-refractivity contribution in [2.45, 2.75) is 46.2 Å². The topological polar surface area (TPSA) is 790 Å². The van der Waals surface area contributed by atoms with Crippen LogP contribution in [0.25, 0.3) is 33.5 Å². The molecule has 0 radical (unpaired) electrons. The zero-order chi connectivity index (χ0) is 92.0. The lowest BCUT2D eigenvalue weighted by Gasteiger charge is -2.26. The Hall–Kier alpha value is -16.1. The third-order valence-corrected chi connectivity index (χ3v) is 18.4. The number of nitrogens with two attached hydrogens (primary N) is 7. The molecule has 0 saturated carbocycles. The number of anilines is 5. The van der Waals surface area contributed by atoms with Crippen LogP contribution in [-0.2, 0) is 111 Å². The molecule has 678 valence electrons. The van der Waals surface area contributed by atoms with Crippen LogP contribution in [0.1, 0.15) is 5.56 Å². The molecule has 0 saturated heterocycles. The van der Waals surface area contributed by atoms with Crippen LogP contribution in [0.2, 0.25) is 0 Å². The predicted molar refractivity (Wildman–Crippen MR) is 441 cm³/mol. The summed E-state index contributed by atoms with van der Waals surface area (Å²) in [4.78, 5) is 292. The molecule has 127 heavy (non-hydrogen) atoms. The molecular weight excluding hydrogens is 1680 g/mol. The van der Waals surface area contributed by atoms with E-state index in [1.165, 1.54) is 57.9 Å². The average molecular weight is 1770 g/mol. The van der Waals surface area contributed by atoms with Crippen LogP contribution < -0.4 is 100 Å². The number of carbonyl (C=O) groups is 13. The van der Waals surface area contributed by atoms with E-state index in [0.29, 0.717) is 0 Å². The highest BCUT2D eigenvalue weighted by Crippen LogP contribution is 2.17. The van der Waals surface area contributed by atoms with E-state index in [1.807, 2.05) is 0 Å². The third-order valence-electron chi connectivity index (χ3n) is 18.4. The lowest BCUT2D eigenvalue weighted by Crippen LogP contribution is -2.50. The van der Waals surface area contributed by atoms with Gasteiger partial charge in [0.2, 0.25) is 82.7 Å². The molecule has 0 aliphatic rings. The van der Waals surface area contributed by atoms with Gasteiger partial charge in [-0.3, -0.25) is 95.6 Å². The van der Waals surface area contributed by atoms with Crippen molar-refractivity contribution < 1.29 is 71.8 Å². The van der Waals surface area contributed by atoms with Crippen molar-refractivity contribution in [3.63, 3.8) is 0 Å².